The number of anilines is 3. The number of halogens is 1. The molecule has 0 atom stereocenters. The molecule has 3 heterocycles. The van der Waals surface area contributed by atoms with E-state index in [-0.39, 0.29) is 0 Å². The molecule has 0 fully saturated rings. The molecule has 0 radical (unpaired) electrons. The summed E-state index contributed by atoms with van der Waals surface area (Å²) in [5.41, 5.74) is 1.09. The van der Waals surface area contributed by atoms with Gasteiger partial charge < -0.3 is 15.4 Å². The topological polar surface area (TPSA) is 94.0 Å². The summed E-state index contributed by atoms with van der Waals surface area (Å²) >= 11 is 1.44. The summed E-state index contributed by atoms with van der Waals surface area (Å²) in [7, 11) is 1.81. The zero-order valence-corrected chi connectivity index (χ0v) is 16.0. The molecule has 3 aromatic heterocycles. The molecule has 146 valence electrons. The Hall–Kier alpha value is -3.79. The molecule has 0 saturated heterocycles. The number of benzene rings is 1. The molecule has 4 aromatic rings. The van der Waals surface area contributed by atoms with Crippen LogP contribution in [0.4, 0.5) is 21.8 Å². The van der Waals surface area contributed by atoms with Crippen LogP contribution in [0.15, 0.2) is 60.4 Å². The first-order chi connectivity index (χ1) is 14.0. The molecule has 2 N–H and O–H groups in total. The lowest BCUT2D eigenvalue weighted by Gasteiger charge is -2.10. The van der Waals surface area contributed by atoms with Crippen LogP contribution >= 0.6 is 11.3 Å². The maximum Gasteiger partial charge on any atom is 0.283 e. The monoisotopic (exact) mass is 410 g/mol. The van der Waals surface area contributed by atoms with E-state index in [4.69, 9.17) is 4.74 Å². The van der Waals surface area contributed by atoms with Gasteiger partial charge in [0, 0.05) is 31.1 Å². The fourth-order valence-electron chi connectivity index (χ4n) is 2.51. The van der Waals surface area contributed by atoms with Gasteiger partial charge in [0.1, 0.15) is 10.4 Å². The lowest BCUT2D eigenvalue weighted by Crippen LogP contribution is -2.11. The third kappa shape index (κ3) is 4.22. The molecule has 1 amide bonds. The van der Waals surface area contributed by atoms with Crippen molar-refractivity contribution in [2.75, 3.05) is 10.6 Å². The lowest BCUT2D eigenvalue weighted by atomic mass is 10.3. The van der Waals surface area contributed by atoms with E-state index in [1.807, 2.05) is 18.5 Å². The lowest BCUT2D eigenvalue weighted by molar-refractivity contribution is -0.114. The molecule has 8 nitrogen and oxygen atoms in total. The van der Waals surface area contributed by atoms with Gasteiger partial charge in [0.2, 0.25) is 11.8 Å². The number of nitrogens with zero attached hydrogens (tertiary/aromatic N) is 4. The molecule has 29 heavy (non-hydrogen) atoms. The second-order valence-corrected chi connectivity index (χ2v) is 6.89. The molecule has 10 heteroatoms. The highest BCUT2D eigenvalue weighted by molar-refractivity contribution is 7.17. The predicted octanol–water partition coefficient (Wildman–Crippen LogP) is 4.38. The van der Waals surface area contributed by atoms with E-state index in [2.05, 4.69) is 32.3 Å². The zero-order chi connectivity index (χ0) is 20.4. The first-order valence-corrected chi connectivity index (χ1v) is 9.31. The van der Waals surface area contributed by atoms with Crippen LogP contribution in [0.2, 0.25) is 0 Å². The van der Waals surface area contributed by atoms with E-state index >= 15 is 0 Å². The molecule has 1 aromatic carbocycles. The number of carbonyl (C=O) groups excluding carboxylic acids is 1. The van der Waals surface area contributed by atoms with Crippen LogP contribution in [-0.2, 0) is 11.8 Å². The average molecular weight is 410 g/mol. The maximum atomic E-state index is 12.9. The molecule has 0 aliphatic heterocycles. The van der Waals surface area contributed by atoms with Gasteiger partial charge in [-0.05, 0) is 23.6 Å². The molecule has 0 aliphatic carbocycles. The Bertz CT molecular complexity index is 1220. The number of aryl methyl sites for hydroxylation is 1. The van der Waals surface area contributed by atoms with Crippen LogP contribution in [0.5, 0.6) is 11.6 Å². The smallest absolute Gasteiger partial charge is 0.283 e. The number of fused-ring (bicyclic) bond motifs is 1. The van der Waals surface area contributed by atoms with Gasteiger partial charge in [-0.3, -0.25) is 9.48 Å². The van der Waals surface area contributed by atoms with Gasteiger partial charge in [0.25, 0.3) is 5.91 Å². The number of amides is 1. The Kier molecular flexibility index (Phi) is 4.92. The number of aromatic nitrogens is 4. The van der Waals surface area contributed by atoms with Crippen molar-refractivity contribution in [3.8, 4) is 11.6 Å². The first-order valence-electron chi connectivity index (χ1n) is 8.43. The summed E-state index contributed by atoms with van der Waals surface area (Å²) in [6, 6.07) is 10.2. The van der Waals surface area contributed by atoms with Crippen molar-refractivity contribution in [2.45, 2.75) is 0 Å². The Morgan fingerprint density at radius 1 is 1.28 bits per heavy atom. The first kappa shape index (κ1) is 18.6. The summed E-state index contributed by atoms with van der Waals surface area (Å²) in [6.07, 6.45) is 1.80. The number of rotatable bonds is 6. The van der Waals surface area contributed by atoms with E-state index in [0.717, 1.165) is 10.2 Å². The Morgan fingerprint density at radius 3 is 2.90 bits per heavy atom. The Labute approximate surface area is 168 Å². The molecule has 4 rings (SSSR count). The highest BCUT2D eigenvalue weighted by Crippen LogP contribution is 2.33. The van der Waals surface area contributed by atoms with Crippen LogP contribution in [-0.4, -0.2) is 25.7 Å². The van der Waals surface area contributed by atoms with Gasteiger partial charge in [-0.25, -0.2) is 9.37 Å². The van der Waals surface area contributed by atoms with Gasteiger partial charge in [-0.1, -0.05) is 12.6 Å². The summed E-state index contributed by atoms with van der Waals surface area (Å²) < 4.78 is 21.3. The van der Waals surface area contributed by atoms with Gasteiger partial charge >= 0.3 is 0 Å². The molecular weight excluding hydrogens is 395 g/mol. The predicted molar refractivity (Wildman–Crippen MR) is 109 cm³/mol. The Balaban J connectivity index is 1.63. The van der Waals surface area contributed by atoms with Crippen molar-refractivity contribution in [1.82, 2.24) is 19.7 Å². The number of ether oxygens (including phenoxy) is 1. The standard InChI is InChI=1S/C19H15FN6O2S/c1-11(20)17(27)21-12-4-3-5-13(10-12)28-18-16-14(7-9-29-16)22-19(24-18)23-15-6-8-26(2)25-15/h3-10H,1H2,2H3,(H,21,27)(H,22,23,24,25). The van der Waals surface area contributed by atoms with E-state index in [0.29, 0.717) is 29.1 Å². The summed E-state index contributed by atoms with van der Waals surface area (Å²) in [6.45, 7) is 2.98. The molecule has 0 aliphatic rings. The highest BCUT2D eigenvalue weighted by atomic mass is 32.1. The summed E-state index contributed by atoms with van der Waals surface area (Å²) in [5.74, 6) is -0.275. The van der Waals surface area contributed by atoms with E-state index < -0.39 is 11.7 Å². The van der Waals surface area contributed by atoms with Crippen LogP contribution in [0, 0.1) is 0 Å². The average Bonchev–Trinajstić information content (AvgIpc) is 3.31. The third-order valence-corrected chi connectivity index (χ3v) is 4.67. The summed E-state index contributed by atoms with van der Waals surface area (Å²) in [4.78, 5) is 20.4. The highest BCUT2D eigenvalue weighted by Gasteiger charge is 2.13. The zero-order valence-electron chi connectivity index (χ0n) is 15.2. The number of hydrogen-bond donors (Lipinski definition) is 2. The van der Waals surface area contributed by atoms with E-state index in [1.54, 1.807) is 41.2 Å². The van der Waals surface area contributed by atoms with Crippen LogP contribution in [0.25, 0.3) is 10.2 Å². The number of thiophene rings is 1. The minimum atomic E-state index is -1.07. The second-order valence-electron chi connectivity index (χ2n) is 5.98. The quantitative estimate of drug-likeness (QED) is 0.458. The van der Waals surface area contributed by atoms with Crippen molar-refractivity contribution in [1.29, 1.82) is 0 Å². The van der Waals surface area contributed by atoms with Crippen molar-refractivity contribution in [3.63, 3.8) is 0 Å². The minimum absolute atomic E-state index is 0.336. The van der Waals surface area contributed by atoms with Gasteiger partial charge in [0.15, 0.2) is 11.6 Å². The van der Waals surface area contributed by atoms with Crippen LogP contribution < -0.4 is 15.4 Å². The number of carbonyl (C=O) groups is 1. The number of hydrogen-bond acceptors (Lipinski definition) is 7. The van der Waals surface area contributed by atoms with E-state index in [9.17, 15) is 9.18 Å². The number of nitrogens with one attached hydrogen (secondary N) is 2. The molecule has 0 unspecified atom stereocenters. The van der Waals surface area contributed by atoms with E-state index in [1.165, 1.54) is 11.3 Å². The molecular formula is C19H15FN6O2S. The van der Waals surface area contributed by atoms with Crippen LogP contribution in [0.3, 0.4) is 0 Å². The largest absolute Gasteiger partial charge is 0.437 e. The third-order valence-electron chi connectivity index (χ3n) is 3.78. The molecule has 0 spiro atoms. The SMILES string of the molecule is C=C(F)C(=O)Nc1cccc(Oc2nc(Nc3ccn(C)n3)nc3ccsc23)c1. The Morgan fingerprint density at radius 2 is 2.14 bits per heavy atom. The van der Waals surface area contributed by atoms with Crippen molar-refractivity contribution >= 4 is 44.9 Å². The van der Waals surface area contributed by atoms with Crippen LogP contribution in [0.1, 0.15) is 0 Å². The van der Waals surface area contributed by atoms with Crippen molar-refractivity contribution in [2.24, 2.45) is 7.05 Å². The van der Waals surface area contributed by atoms with Gasteiger partial charge in [0.05, 0.1) is 5.52 Å². The molecule has 0 bridgehead atoms. The van der Waals surface area contributed by atoms with Crippen molar-refractivity contribution < 1.29 is 13.9 Å². The fourth-order valence-corrected chi connectivity index (χ4v) is 3.26. The maximum absolute atomic E-state index is 12.9. The summed E-state index contributed by atoms with van der Waals surface area (Å²) in [5, 5.41) is 11.6. The van der Waals surface area contributed by atoms with Gasteiger partial charge in [-0.2, -0.15) is 10.1 Å². The van der Waals surface area contributed by atoms with Crippen molar-refractivity contribution in [3.05, 3.63) is 60.4 Å². The molecule has 0 saturated carbocycles. The normalized spacial score (nSPS) is 10.7. The fraction of sp³-hybridized carbons (Fsp3) is 0.0526. The van der Waals surface area contributed by atoms with Gasteiger partial charge in [-0.15, -0.1) is 11.3 Å². The second kappa shape index (κ2) is 7.68. The minimum Gasteiger partial charge on any atom is -0.437 e.